The molecule has 138 valence electrons. The summed E-state index contributed by atoms with van der Waals surface area (Å²) in [5, 5.41) is 12.4. The van der Waals surface area contributed by atoms with Gasteiger partial charge in [-0.15, -0.1) is 5.10 Å². The number of primary amides is 1. The van der Waals surface area contributed by atoms with E-state index in [4.69, 9.17) is 5.73 Å². The first-order valence-corrected chi connectivity index (χ1v) is 9.54. The standard InChI is InChI=1S/C17H22N6O2S/c1-11-6-5-8-13(12(11)2)23-17(19-20-21-23)26-10-15(24)22-9-4-3-7-14(22)16(18)25/h5-6,8,14H,3-4,7,9-10H2,1-2H3,(H2,18,25)/t14-/m0/s1. The Balaban J connectivity index is 1.73. The van der Waals surface area contributed by atoms with Crippen LogP contribution >= 0.6 is 11.8 Å². The second-order valence-electron chi connectivity index (χ2n) is 6.38. The summed E-state index contributed by atoms with van der Waals surface area (Å²) < 4.78 is 1.64. The van der Waals surface area contributed by atoms with Gasteiger partial charge in [0.2, 0.25) is 17.0 Å². The SMILES string of the molecule is Cc1cccc(-n2nnnc2SCC(=O)N2CCCC[C@H]2C(N)=O)c1C. The van der Waals surface area contributed by atoms with Gasteiger partial charge in [0.25, 0.3) is 0 Å². The Hall–Kier alpha value is -2.42. The monoisotopic (exact) mass is 374 g/mol. The van der Waals surface area contributed by atoms with E-state index in [9.17, 15) is 9.59 Å². The molecule has 0 unspecified atom stereocenters. The number of hydrogen-bond donors (Lipinski definition) is 1. The number of aryl methyl sites for hydroxylation is 1. The Morgan fingerprint density at radius 1 is 1.31 bits per heavy atom. The Bertz CT molecular complexity index is 821. The van der Waals surface area contributed by atoms with Gasteiger partial charge in [-0.25, -0.2) is 0 Å². The number of likely N-dealkylation sites (tertiary alicyclic amines) is 1. The summed E-state index contributed by atoms with van der Waals surface area (Å²) in [6, 6.07) is 5.41. The van der Waals surface area contributed by atoms with Crippen molar-refractivity contribution in [1.29, 1.82) is 0 Å². The van der Waals surface area contributed by atoms with Crippen LogP contribution in [0.3, 0.4) is 0 Å². The van der Waals surface area contributed by atoms with E-state index in [2.05, 4.69) is 15.5 Å². The Morgan fingerprint density at radius 2 is 2.12 bits per heavy atom. The molecule has 0 saturated carbocycles. The number of amides is 2. The van der Waals surface area contributed by atoms with Gasteiger partial charge in [-0.3, -0.25) is 9.59 Å². The molecule has 2 amide bonds. The molecule has 0 bridgehead atoms. The number of carbonyl (C=O) groups is 2. The summed E-state index contributed by atoms with van der Waals surface area (Å²) >= 11 is 1.26. The fraction of sp³-hybridized carbons (Fsp3) is 0.471. The van der Waals surface area contributed by atoms with Crippen molar-refractivity contribution in [2.24, 2.45) is 5.73 Å². The van der Waals surface area contributed by atoms with Crippen LogP contribution < -0.4 is 5.73 Å². The van der Waals surface area contributed by atoms with E-state index in [0.717, 1.165) is 29.7 Å². The number of tetrazole rings is 1. The van der Waals surface area contributed by atoms with Crippen LogP contribution in [0.4, 0.5) is 0 Å². The number of hydrogen-bond acceptors (Lipinski definition) is 6. The number of nitrogens with zero attached hydrogens (tertiary/aromatic N) is 5. The third-order valence-corrected chi connectivity index (χ3v) is 5.63. The fourth-order valence-electron chi connectivity index (χ4n) is 3.12. The normalized spacial score (nSPS) is 17.3. The van der Waals surface area contributed by atoms with Gasteiger partial charge in [0.1, 0.15) is 6.04 Å². The molecule has 1 fully saturated rings. The van der Waals surface area contributed by atoms with Crippen LogP contribution in [0.2, 0.25) is 0 Å². The molecule has 3 rings (SSSR count). The molecule has 1 aliphatic heterocycles. The van der Waals surface area contributed by atoms with Crippen LogP contribution in [0.25, 0.3) is 5.69 Å². The maximum absolute atomic E-state index is 12.6. The van der Waals surface area contributed by atoms with Gasteiger partial charge in [-0.05, 0) is 60.7 Å². The second-order valence-corrected chi connectivity index (χ2v) is 7.32. The molecular formula is C17H22N6O2S. The third kappa shape index (κ3) is 3.72. The van der Waals surface area contributed by atoms with Crippen LogP contribution in [0, 0.1) is 13.8 Å². The topological polar surface area (TPSA) is 107 Å². The number of nitrogens with two attached hydrogens (primary N) is 1. The van der Waals surface area contributed by atoms with Crippen LogP contribution in [-0.2, 0) is 9.59 Å². The van der Waals surface area contributed by atoms with Crippen LogP contribution in [0.1, 0.15) is 30.4 Å². The average molecular weight is 374 g/mol. The molecular weight excluding hydrogens is 352 g/mol. The highest BCUT2D eigenvalue weighted by atomic mass is 32.2. The summed E-state index contributed by atoms with van der Waals surface area (Å²) in [6.45, 7) is 4.60. The molecule has 26 heavy (non-hydrogen) atoms. The number of rotatable bonds is 5. The second kappa shape index (κ2) is 7.86. The summed E-state index contributed by atoms with van der Waals surface area (Å²) in [5.41, 5.74) is 8.55. The molecule has 0 radical (unpaired) electrons. The quantitative estimate of drug-likeness (QED) is 0.789. The molecule has 1 aliphatic rings. The lowest BCUT2D eigenvalue weighted by Gasteiger charge is -2.33. The molecule has 1 aromatic heterocycles. The highest BCUT2D eigenvalue weighted by Gasteiger charge is 2.30. The third-order valence-electron chi connectivity index (χ3n) is 4.72. The maximum Gasteiger partial charge on any atom is 0.240 e. The minimum atomic E-state index is -0.508. The molecule has 1 atom stereocenters. The van der Waals surface area contributed by atoms with Crippen molar-refractivity contribution in [2.75, 3.05) is 12.3 Å². The van der Waals surface area contributed by atoms with Crippen LogP contribution in [0.5, 0.6) is 0 Å². The zero-order valence-corrected chi connectivity index (χ0v) is 15.7. The molecule has 2 heterocycles. The van der Waals surface area contributed by atoms with Crippen LogP contribution in [0.15, 0.2) is 23.4 Å². The number of thioether (sulfide) groups is 1. The molecule has 2 N–H and O–H groups in total. The fourth-order valence-corrected chi connectivity index (χ4v) is 3.89. The first kappa shape index (κ1) is 18.4. The molecule has 1 aromatic carbocycles. The first-order valence-electron chi connectivity index (χ1n) is 8.55. The number of aromatic nitrogens is 4. The summed E-state index contributed by atoms with van der Waals surface area (Å²) in [7, 11) is 0. The molecule has 2 aromatic rings. The van der Waals surface area contributed by atoms with Gasteiger partial charge in [-0.1, -0.05) is 23.9 Å². The first-order chi connectivity index (χ1) is 12.5. The highest BCUT2D eigenvalue weighted by Crippen LogP contribution is 2.24. The lowest BCUT2D eigenvalue weighted by molar-refractivity contribution is -0.138. The van der Waals surface area contributed by atoms with Gasteiger partial charge < -0.3 is 10.6 Å². The summed E-state index contributed by atoms with van der Waals surface area (Å²) in [4.78, 5) is 25.8. The van der Waals surface area contributed by atoms with E-state index < -0.39 is 11.9 Å². The highest BCUT2D eigenvalue weighted by molar-refractivity contribution is 7.99. The minimum absolute atomic E-state index is 0.117. The summed E-state index contributed by atoms with van der Waals surface area (Å²) in [6.07, 6.45) is 2.43. The van der Waals surface area contributed by atoms with E-state index in [-0.39, 0.29) is 11.7 Å². The zero-order chi connectivity index (χ0) is 18.7. The van der Waals surface area contributed by atoms with Crippen molar-refractivity contribution < 1.29 is 9.59 Å². The van der Waals surface area contributed by atoms with E-state index in [1.54, 1.807) is 9.58 Å². The lowest BCUT2D eigenvalue weighted by atomic mass is 10.0. The maximum atomic E-state index is 12.6. The van der Waals surface area contributed by atoms with Crippen molar-refractivity contribution in [3.63, 3.8) is 0 Å². The molecule has 1 saturated heterocycles. The Morgan fingerprint density at radius 3 is 2.88 bits per heavy atom. The zero-order valence-electron chi connectivity index (χ0n) is 14.9. The van der Waals surface area contributed by atoms with Gasteiger partial charge in [0, 0.05) is 6.54 Å². The van der Waals surface area contributed by atoms with Crippen molar-refractivity contribution in [2.45, 2.75) is 44.3 Å². The Labute approximate surface area is 156 Å². The van der Waals surface area contributed by atoms with E-state index in [1.165, 1.54) is 11.8 Å². The van der Waals surface area contributed by atoms with Crippen molar-refractivity contribution in [3.05, 3.63) is 29.3 Å². The largest absolute Gasteiger partial charge is 0.368 e. The molecule has 0 spiro atoms. The predicted octanol–water partition coefficient (Wildman–Crippen LogP) is 1.24. The van der Waals surface area contributed by atoms with Gasteiger partial charge >= 0.3 is 0 Å². The van der Waals surface area contributed by atoms with Gasteiger partial charge in [-0.2, -0.15) is 4.68 Å². The number of carbonyl (C=O) groups excluding carboxylic acids is 2. The predicted molar refractivity (Wildman–Crippen MR) is 97.9 cm³/mol. The molecule has 8 nitrogen and oxygen atoms in total. The van der Waals surface area contributed by atoms with E-state index in [0.29, 0.717) is 18.1 Å². The van der Waals surface area contributed by atoms with Gasteiger partial charge in [0.15, 0.2) is 0 Å². The number of piperidine rings is 1. The van der Waals surface area contributed by atoms with Crippen molar-refractivity contribution >= 4 is 23.6 Å². The average Bonchev–Trinajstić information content (AvgIpc) is 3.10. The van der Waals surface area contributed by atoms with Gasteiger partial charge in [0.05, 0.1) is 11.4 Å². The summed E-state index contributed by atoms with van der Waals surface area (Å²) in [5.74, 6) is -0.396. The lowest BCUT2D eigenvalue weighted by Crippen LogP contribution is -2.51. The minimum Gasteiger partial charge on any atom is -0.368 e. The molecule has 9 heteroatoms. The van der Waals surface area contributed by atoms with E-state index >= 15 is 0 Å². The molecule has 0 aliphatic carbocycles. The van der Waals surface area contributed by atoms with Crippen LogP contribution in [-0.4, -0.2) is 55.3 Å². The smallest absolute Gasteiger partial charge is 0.240 e. The van der Waals surface area contributed by atoms with Crippen molar-refractivity contribution in [1.82, 2.24) is 25.1 Å². The Kier molecular flexibility index (Phi) is 5.55. The van der Waals surface area contributed by atoms with Crippen molar-refractivity contribution in [3.8, 4) is 5.69 Å². The number of benzene rings is 1. The van der Waals surface area contributed by atoms with E-state index in [1.807, 2.05) is 32.0 Å².